The smallest absolute Gasteiger partial charge is 0.150 e. The summed E-state index contributed by atoms with van der Waals surface area (Å²) in [4.78, 5) is 0. The lowest BCUT2D eigenvalue weighted by atomic mass is 9.97. The van der Waals surface area contributed by atoms with Crippen LogP contribution in [0.15, 0.2) is 0 Å². The minimum atomic E-state index is -2.94. The van der Waals surface area contributed by atoms with Crippen molar-refractivity contribution in [2.75, 3.05) is 23.5 Å². The van der Waals surface area contributed by atoms with Crippen LogP contribution in [0.3, 0.4) is 0 Å². The fourth-order valence-electron chi connectivity index (χ4n) is 2.32. The molecule has 8 heteroatoms. The molecule has 0 spiro atoms. The first-order valence-electron chi connectivity index (χ1n) is 6.06. The Morgan fingerprint density at radius 1 is 1.44 bits per heavy atom. The van der Waals surface area contributed by atoms with Crippen LogP contribution in [0.5, 0.6) is 0 Å². The molecule has 2 unspecified atom stereocenters. The number of hydrazine groups is 1. The second-order valence-electron chi connectivity index (χ2n) is 5.14. The van der Waals surface area contributed by atoms with Crippen LogP contribution in [-0.4, -0.2) is 46.4 Å². The lowest BCUT2D eigenvalue weighted by Crippen LogP contribution is -2.37. The van der Waals surface area contributed by atoms with Gasteiger partial charge in [-0.3, -0.25) is 11.3 Å². The summed E-state index contributed by atoms with van der Waals surface area (Å²) < 4.78 is 44.7. The van der Waals surface area contributed by atoms with Crippen LogP contribution in [0.4, 0.5) is 0 Å². The van der Waals surface area contributed by atoms with Gasteiger partial charge in [0, 0.05) is 18.1 Å². The molecule has 18 heavy (non-hydrogen) atoms. The predicted molar refractivity (Wildman–Crippen MR) is 71.4 cm³/mol. The summed E-state index contributed by atoms with van der Waals surface area (Å²) in [6.07, 6.45) is 3.79. The molecule has 1 rings (SSSR count). The fraction of sp³-hybridized carbons (Fsp3) is 1.00. The van der Waals surface area contributed by atoms with Gasteiger partial charge in [0.1, 0.15) is 9.84 Å². The van der Waals surface area contributed by atoms with Crippen molar-refractivity contribution in [1.29, 1.82) is 0 Å². The van der Waals surface area contributed by atoms with E-state index in [9.17, 15) is 16.8 Å². The Labute approximate surface area is 109 Å². The van der Waals surface area contributed by atoms with Crippen LogP contribution >= 0.6 is 0 Å². The second kappa shape index (κ2) is 6.31. The molecule has 0 aromatic rings. The number of nitrogens with two attached hydrogens (primary N) is 1. The predicted octanol–water partition coefficient (Wildman–Crippen LogP) is -0.532. The lowest BCUT2D eigenvalue weighted by Gasteiger charge is -2.18. The van der Waals surface area contributed by atoms with Gasteiger partial charge in [0.25, 0.3) is 0 Å². The van der Waals surface area contributed by atoms with Crippen LogP contribution in [0.25, 0.3) is 0 Å². The summed E-state index contributed by atoms with van der Waals surface area (Å²) in [6.45, 7) is 0. The summed E-state index contributed by atoms with van der Waals surface area (Å²) in [5.74, 6) is 6.21. The van der Waals surface area contributed by atoms with E-state index in [4.69, 9.17) is 5.84 Å². The van der Waals surface area contributed by atoms with Crippen molar-refractivity contribution in [3.63, 3.8) is 0 Å². The number of rotatable bonds is 7. The number of hydrogen-bond donors (Lipinski definition) is 2. The van der Waals surface area contributed by atoms with Gasteiger partial charge in [-0.2, -0.15) is 0 Å². The quantitative estimate of drug-likeness (QED) is 0.483. The molecule has 0 aromatic carbocycles. The van der Waals surface area contributed by atoms with Gasteiger partial charge in [-0.15, -0.1) is 0 Å². The van der Waals surface area contributed by atoms with Gasteiger partial charge >= 0.3 is 0 Å². The Morgan fingerprint density at radius 3 is 2.56 bits per heavy atom. The van der Waals surface area contributed by atoms with Crippen LogP contribution < -0.4 is 11.3 Å². The second-order valence-corrected chi connectivity index (χ2v) is 9.63. The monoisotopic (exact) mass is 298 g/mol. The Hall–Kier alpha value is -0.180. The Bertz CT molecular complexity index is 458. The van der Waals surface area contributed by atoms with Crippen molar-refractivity contribution in [2.45, 2.75) is 31.7 Å². The normalized spacial score (nSPS) is 25.1. The molecule has 0 amide bonds. The molecule has 1 fully saturated rings. The zero-order valence-electron chi connectivity index (χ0n) is 10.6. The summed E-state index contributed by atoms with van der Waals surface area (Å²) in [6, 6.07) is -0.00921. The van der Waals surface area contributed by atoms with Crippen molar-refractivity contribution in [3.8, 4) is 0 Å². The van der Waals surface area contributed by atoms with Crippen LogP contribution in [-0.2, 0) is 19.7 Å². The van der Waals surface area contributed by atoms with E-state index < -0.39 is 19.7 Å². The molecule has 0 aromatic heterocycles. The first kappa shape index (κ1) is 15.9. The molecule has 0 bridgehead atoms. The van der Waals surface area contributed by atoms with E-state index in [2.05, 4.69) is 5.43 Å². The summed E-state index contributed by atoms with van der Waals surface area (Å²) in [5, 5.41) is 0. The molecular weight excluding hydrogens is 276 g/mol. The average Bonchev–Trinajstić information content (AvgIpc) is 2.55. The fourth-order valence-corrected chi connectivity index (χ4v) is 4.89. The van der Waals surface area contributed by atoms with Crippen molar-refractivity contribution in [2.24, 2.45) is 11.8 Å². The molecule has 3 N–H and O–H groups in total. The van der Waals surface area contributed by atoms with E-state index in [1.54, 1.807) is 0 Å². The van der Waals surface area contributed by atoms with Gasteiger partial charge in [-0.1, -0.05) is 0 Å². The van der Waals surface area contributed by atoms with Gasteiger partial charge in [0.05, 0.1) is 11.5 Å². The highest BCUT2D eigenvalue weighted by molar-refractivity contribution is 7.91. The highest BCUT2D eigenvalue weighted by atomic mass is 32.2. The third-order valence-corrected chi connectivity index (χ3v) is 6.12. The van der Waals surface area contributed by atoms with Crippen molar-refractivity contribution in [1.82, 2.24) is 5.43 Å². The minimum Gasteiger partial charge on any atom is -0.271 e. The Balaban J connectivity index is 2.34. The minimum absolute atomic E-state index is 0.00921. The van der Waals surface area contributed by atoms with E-state index in [0.29, 0.717) is 25.7 Å². The molecule has 0 radical (unpaired) electrons. The number of hydrogen-bond acceptors (Lipinski definition) is 6. The molecule has 108 valence electrons. The third-order valence-electron chi connectivity index (χ3n) is 3.25. The summed E-state index contributed by atoms with van der Waals surface area (Å²) in [7, 11) is -5.80. The Kier molecular flexibility index (Phi) is 5.57. The molecule has 1 heterocycles. The average molecular weight is 298 g/mol. The maximum Gasteiger partial charge on any atom is 0.150 e. The summed E-state index contributed by atoms with van der Waals surface area (Å²) >= 11 is 0. The molecule has 1 aliphatic heterocycles. The largest absolute Gasteiger partial charge is 0.271 e. The van der Waals surface area contributed by atoms with E-state index in [-0.39, 0.29) is 29.2 Å². The molecule has 2 atom stereocenters. The van der Waals surface area contributed by atoms with E-state index in [0.717, 1.165) is 0 Å². The first-order chi connectivity index (χ1) is 8.22. The highest BCUT2D eigenvalue weighted by Gasteiger charge is 2.29. The van der Waals surface area contributed by atoms with Gasteiger partial charge in [0.15, 0.2) is 9.84 Å². The zero-order valence-corrected chi connectivity index (χ0v) is 12.3. The topological polar surface area (TPSA) is 106 Å². The van der Waals surface area contributed by atoms with Crippen molar-refractivity contribution in [3.05, 3.63) is 0 Å². The number of sulfone groups is 2. The molecule has 0 aliphatic carbocycles. The Morgan fingerprint density at radius 2 is 2.11 bits per heavy atom. The van der Waals surface area contributed by atoms with Crippen LogP contribution in [0.2, 0.25) is 0 Å². The molecular formula is C10H22N2O4S2. The third kappa shape index (κ3) is 6.12. The van der Waals surface area contributed by atoms with Gasteiger partial charge < -0.3 is 0 Å². The summed E-state index contributed by atoms with van der Waals surface area (Å²) in [5.41, 5.74) is 2.65. The van der Waals surface area contributed by atoms with E-state index >= 15 is 0 Å². The SMILES string of the molecule is CS(=O)(=O)CCCC(CC1CCS(=O)(=O)C1)NN. The maximum atomic E-state index is 11.3. The number of nitrogens with one attached hydrogen (secondary N) is 1. The van der Waals surface area contributed by atoms with Crippen LogP contribution in [0, 0.1) is 5.92 Å². The van der Waals surface area contributed by atoms with Gasteiger partial charge in [-0.05, 0) is 31.6 Å². The lowest BCUT2D eigenvalue weighted by molar-refractivity contribution is 0.389. The standard InChI is InChI=1S/C10H22N2O4S2/c1-17(13,14)5-2-3-10(12-11)7-9-4-6-18(15,16)8-9/h9-10,12H,2-8,11H2,1H3. The maximum absolute atomic E-state index is 11.3. The van der Waals surface area contributed by atoms with Crippen molar-refractivity contribution >= 4 is 19.7 Å². The first-order valence-corrected chi connectivity index (χ1v) is 9.94. The molecule has 1 aliphatic rings. The van der Waals surface area contributed by atoms with E-state index in [1.165, 1.54) is 6.26 Å². The van der Waals surface area contributed by atoms with Crippen molar-refractivity contribution < 1.29 is 16.8 Å². The van der Waals surface area contributed by atoms with E-state index in [1.807, 2.05) is 0 Å². The van der Waals surface area contributed by atoms with Gasteiger partial charge in [0.2, 0.25) is 0 Å². The molecule has 1 saturated heterocycles. The molecule has 0 saturated carbocycles. The van der Waals surface area contributed by atoms with Crippen LogP contribution in [0.1, 0.15) is 25.7 Å². The van der Waals surface area contributed by atoms with Gasteiger partial charge in [-0.25, -0.2) is 16.8 Å². The highest BCUT2D eigenvalue weighted by Crippen LogP contribution is 2.24. The molecule has 6 nitrogen and oxygen atoms in total. The zero-order chi connectivity index (χ0) is 13.8.